The maximum Gasteiger partial charge on any atom is 0.239 e. The van der Waals surface area contributed by atoms with Gasteiger partial charge in [0.15, 0.2) is 0 Å². The molecule has 0 spiro atoms. The van der Waals surface area contributed by atoms with E-state index in [1.807, 2.05) is 60.7 Å². The van der Waals surface area contributed by atoms with Gasteiger partial charge in [0.2, 0.25) is 11.8 Å². The van der Waals surface area contributed by atoms with E-state index < -0.39 is 6.10 Å². The number of nitrogens with one attached hydrogen (secondary N) is 1. The zero-order valence-corrected chi connectivity index (χ0v) is 20.1. The predicted octanol–water partition coefficient (Wildman–Crippen LogP) is 3.89. The molecule has 2 aliphatic heterocycles. The Kier molecular flexibility index (Phi) is 7.28. The van der Waals surface area contributed by atoms with Crippen molar-refractivity contribution in [2.75, 3.05) is 32.7 Å². The lowest BCUT2D eigenvalue weighted by atomic mass is 9.99. The van der Waals surface area contributed by atoms with Crippen LogP contribution in [0.4, 0.5) is 4.39 Å². The summed E-state index contributed by atoms with van der Waals surface area (Å²) >= 11 is 0. The fourth-order valence-corrected chi connectivity index (χ4v) is 5.00. The molecule has 2 amide bonds. The minimum Gasteiger partial charge on any atom is -0.484 e. The number of ether oxygens (including phenoxy) is 1. The van der Waals surface area contributed by atoms with Crippen LogP contribution in [0.5, 0.6) is 5.75 Å². The average Bonchev–Trinajstić information content (AvgIpc) is 3.14. The summed E-state index contributed by atoms with van der Waals surface area (Å²) in [6.45, 7) is 2.76. The smallest absolute Gasteiger partial charge is 0.239 e. The molecule has 1 fully saturated rings. The monoisotopic (exact) mass is 487 g/mol. The van der Waals surface area contributed by atoms with E-state index in [9.17, 15) is 14.0 Å². The van der Waals surface area contributed by atoms with Gasteiger partial charge in [-0.3, -0.25) is 14.5 Å². The molecule has 1 N–H and O–H groups in total. The number of amides is 2. The van der Waals surface area contributed by atoms with Crippen LogP contribution in [0.25, 0.3) is 0 Å². The Morgan fingerprint density at radius 2 is 1.72 bits per heavy atom. The number of hydrogen-bond donors (Lipinski definition) is 1. The Labute approximate surface area is 210 Å². The highest BCUT2D eigenvalue weighted by Crippen LogP contribution is 2.32. The summed E-state index contributed by atoms with van der Waals surface area (Å²) in [5.41, 5.74) is 2.67. The van der Waals surface area contributed by atoms with Crippen LogP contribution in [0.2, 0.25) is 0 Å². The maximum atomic E-state index is 14.5. The van der Waals surface area contributed by atoms with Crippen LogP contribution >= 0.6 is 0 Å². The summed E-state index contributed by atoms with van der Waals surface area (Å²) < 4.78 is 20.8. The van der Waals surface area contributed by atoms with Crippen LogP contribution < -0.4 is 10.1 Å². The van der Waals surface area contributed by atoms with Crippen LogP contribution in [-0.2, 0) is 16.1 Å². The van der Waals surface area contributed by atoms with E-state index >= 15 is 0 Å². The zero-order valence-electron chi connectivity index (χ0n) is 20.1. The second-order valence-corrected chi connectivity index (χ2v) is 9.41. The van der Waals surface area contributed by atoms with Gasteiger partial charge in [-0.2, -0.15) is 0 Å². The van der Waals surface area contributed by atoms with E-state index in [2.05, 4.69) is 10.2 Å². The number of carbonyl (C=O) groups excluding carboxylic acids is 2. The van der Waals surface area contributed by atoms with E-state index in [1.165, 1.54) is 6.07 Å². The van der Waals surface area contributed by atoms with Crippen LogP contribution in [0, 0.1) is 5.82 Å². The Hall–Kier alpha value is -3.71. The van der Waals surface area contributed by atoms with Gasteiger partial charge in [-0.05, 0) is 17.7 Å². The van der Waals surface area contributed by atoms with Crippen molar-refractivity contribution in [3.05, 3.63) is 101 Å². The molecule has 36 heavy (non-hydrogen) atoms. The van der Waals surface area contributed by atoms with Gasteiger partial charge >= 0.3 is 0 Å². The van der Waals surface area contributed by atoms with Gasteiger partial charge in [0.25, 0.3) is 0 Å². The fourth-order valence-electron chi connectivity index (χ4n) is 5.00. The first kappa shape index (κ1) is 24.0. The molecule has 1 saturated heterocycles. The van der Waals surface area contributed by atoms with Crippen molar-refractivity contribution in [2.24, 2.45) is 0 Å². The highest BCUT2D eigenvalue weighted by molar-refractivity contribution is 5.86. The van der Waals surface area contributed by atoms with Gasteiger partial charge in [0.1, 0.15) is 17.7 Å². The van der Waals surface area contributed by atoms with Crippen molar-refractivity contribution in [1.82, 2.24) is 15.1 Å². The number of likely N-dealkylation sites (tertiary alicyclic amines) is 1. The number of halogens is 1. The molecule has 0 radical (unpaired) electrons. The number of carbonyl (C=O) groups is 2. The minimum atomic E-state index is -0.456. The summed E-state index contributed by atoms with van der Waals surface area (Å²) in [7, 11) is 0. The molecule has 2 aliphatic rings. The van der Waals surface area contributed by atoms with Gasteiger partial charge in [0.05, 0.1) is 6.54 Å². The van der Waals surface area contributed by atoms with E-state index in [0.717, 1.165) is 16.9 Å². The second-order valence-electron chi connectivity index (χ2n) is 9.41. The molecule has 186 valence electrons. The molecule has 0 bridgehead atoms. The number of nitrogens with zero attached hydrogens (tertiary/aromatic N) is 2. The van der Waals surface area contributed by atoms with Gasteiger partial charge in [-0.1, -0.05) is 66.7 Å². The molecule has 0 aliphatic carbocycles. The minimum absolute atomic E-state index is 0.00741. The molecular formula is C29H30FN3O3. The Bertz CT molecular complexity index is 1220. The van der Waals surface area contributed by atoms with Crippen LogP contribution in [0.1, 0.15) is 35.1 Å². The molecule has 2 atom stereocenters. The lowest BCUT2D eigenvalue weighted by Gasteiger charge is -2.24. The Morgan fingerprint density at radius 3 is 2.56 bits per heavy atom. The van der Waals surface area contributed by atoms with E-state index in [4.69, 9.17) is 4.74 Å². The highest BCUT2D eigenvalue weighted by Gasteiger charge is 2.31. The summed E-state index contributed by atoms with van der Waals surface area (Å²) in [5.74, 6) is 0.415. The fraction of sp³-hybridized carbons (Fsp3) is 0.310. The number of benzene rings is 3. The molecule has 0 unspecified atom stereocenters. The third kappa shape index (κ3) is 5.57. The van der Waals surface area contributed by atoms with Crippen LogP contribution in [0.3, 0.4) is 0 Å². The SMILES string of the molecule is O=C(CN1C[C@@H](c2ccccc2)CC1=O)NCCN1Cc2ccccc2O[C@@H](c2ccccc2F)C1. The number of para-hydroxylation sites is 1. The first-order valence-electron chi connectivity index (χ1n) is 12.4. The number of hydrogen-bond acceptors (Lipinski definition) is 4. The maximum absolute atomic E-state index is 14.5. The van der Waals surface area contributed by atoms with Crippen LogP contribution in [0.15, 0.2) is 78.9 Å². The quantitative estimate of drug-likeness (QED) is 0.549. The molecule has 3 aromatic rings. The number of rotatable bonds is 7. The van der Waals surface area contributed by atoms with E-state index in [-0.39, 0.29) is 30.1 Å². The predicted molar refractivity (Wildman–Crippen MR) is 135 cm³/mol. The van der Waals surface area contributed by atoms with Crippen molar-refractivity contribution < 1.29 is 18.7 Å². The zero-order chi connectivity index (χ0) is 24.9. The van der Waals surface area contributed by atoms with E-state index in [1.54, 1.807) is 17.0 Å². The lowest BCUT2D eigenvalue weighted by Crippen LogP contribution is -2.41. The molecule has 0 saturated carbocycles. The normalized spacial score (nSPS) is 19.9. The van der Waals surface area contributed by atoms with Crippen molar-refractivity contribution in [1.29, 1.82) is 0 Å². The molecule has 0 aromatic heterocycles. The number of fused-ring (bicyclic) bond motifs is 1. The molecule has 3 aromatic carbocycles. The average molecular weight is 488 g/mol. The van der Waals surface area contributed by atoms with Gasteiger partial charge < -0.3 is 15.0 Å². The first-order valence-corrected chi connectivity index (χ1v) is 12.4. The Balaban J connectivity index is 1.17. The standard InChI is InChI=1S/C29H30FN3O3/c30-25-12-6-5-11-24(25)27-19-32(17-22-10-4-7-13-26(22)36-27)15-14-31-28(34)20-33-18-23(16-29(33)35)21-8-2-1-3-9-21/h1-13,23,27H,14-20H2,(H,31,34)/t23-,27+/m0/s1. The van der Waals surface area contributed by atoms with Gasteiger partial charge in [0, 0.05) is 56.2 Å². The molecule has 6 nitrogen and oxygen atoms in total. The van der Waals surface area contributed by atoms with Gasteiger partial charge in [-0.25, -0.2) is 4.39 Å². The molecule has 7 heteroatoms. The van der Waals surface area contributed by atoms with Crippen molar-refractivity contribution in [2.45, 2.75) is 25.0 Å². The molecular weight excluding hydrogens is 457 g/mol. The van der Waals surface area contributed by atoms with Crippen molar-refractivity contribution in [3.8, 4) is 5.75 Å². The highest BCUT2D eigenvalue weighted by atomic mass is 19.1. The topological polar surface area (TPSA) is 61.9 Å². The summed E-state index contributed by atoms with van der Waals surface area (Å²) in [5, 5.41) is 2.95. The van der Waals surface area contributed by atoms with Crippen molar-refractivity contribution in [3.63, 3.8) is 0 Å². The van der Waals surface area contributed by atoms with Crippen LogP contribution in [-0.4, -0.2) is 54.3 Å². The third-order valence-electron chi connectivity index (χ3n) is 6.88. The van der Waals surface area contributed by atoms with E-state index in [0.29, 0.717) is 44.7 Å². The second kappa shape index (κ2) is 10.9. The Morgan fingerprint density at radius 1 is 0.972 bits per heavy atom. The molecule has 5 rings (SSSR count). The summed E-state index contributed by atoms with van der Waals surface area (Å²) in [6, 6.07) is 24.4. The third-order valence-corrected chi connectivity index (χ3v) is 6.88. The van der Waals surface area contributed by atoms with Gasteiger partial charge in [-0.15, -0.1) is 0 Å². The first-order chi connectivity index (χ1) is 17.6. The molecule has 2 heterocycles. The lowest BCUT2D eigenvalue weighted by molar-refractivity contribution is -0.133. The summed E-state index contributed by atoms with van der Waals surface area (Å²) in [6.07, 6.45) is -0.0234. The largest absolute Gasteiger partial charge is 0.484 e. The summed E-state index contributed by atoms with van der Waals surface area (Å²) in [4.78, 5) is 28.9. The van der Waals surface area contributed by atoms with Crippen molar-refractivity contribution >= 4 is 11.8 Å².